The standard InChI is InChI=1S/C46H85NO6/c1-6-9-11-13-15-21-27-33-45(48)52-38-31-25-18-17-23-29-36-50-40-35-44(41-43(8-3)42-47(4)5)51-37-30-24-19-20-26-32-39-53-46(49)34-28-22-16-14-12-10-7-2/h8,35,41H,3,6-7,9-34,36-40,42H2,1-2,4-5H3/b43-41+,44-35+. The first-order valence-electron chi connectivity index (χ1n) is 22.1. The van der Waals surface area contributed by atoms with E-state index in [0.29, 0.717) is 39.3 Å². The highest BCUT2D eigenvalue weighted by Gasteiger charge is 2.05. The molecule has 0 saturated heterocycles. The van der Waals surface area contributed by atoms with Crippen molar-refractivity contribution in [3.8, 4) is 0 Å². The number of likely N-dealkylation sites (N-methyl/N-ethyl adjacent to an activating group) is 1. The number of rotatable bonds is 41. The highest BCUT2D eigenvalue weighted by atomic mass is 16.5. The van der Waals surface area contributed by atoms with Crippen molar-refractivity contribution in [1.82, 2.24) is 4.90 Å². The summed E-state index contributed by atoms with van der Waals surface area (Å²) in [7, 11) is 4.11. The molecule has 0 spiro atoms. The molecule has 0 heterocycles. The number of hydrogen-bond acceptors (Lipinski definition) is 7. The lowest BCUT2D eigenvalue weighted by molar-refractivity contribution is -0.144. The molecular formula is C46H85NO6. The minimum absolute atomic E-state index is 0.0277. The second-order valence-electron chi connectivity index (χ2n) is 15.1. The quantitative estimate of drug-likeness (QED) is 0.0267. The van der Waals surface area contributed by atoms with Gasteiger partial charge in [0.05, 0.1) is 26.4 Å². The van der Waals surface area contributed by atoms with Gasteiger partial charge in [-0.3, -0.25) is 9.59 Å². The first-order valence-corrected chi connectivity index (χ1v) is 22.1. The maximum absolute atomic E-state index is 11.9. The van der Waals surface area contributed by atoms with E-state index in [1.165, 1.54) is 83.5 Å². The van der Waals surface area contributed by atoms with Gasteiger partial charge in [0.2, 0.25) is 0 Å². The molecule has 0 aromatic carbocycles. The van der Waals surface area contributed by atoms with Crippen molar-refractivity contribution in [2.75, 3.05) is 53.7 Å². The van der Waals surface area contributed by atoms with E-state index in [-0.39, 0.29) is 11.9 Å². The summed E-state index contributed by atoms with van der Waals surface area (Å²) < 4.78 is 23.0. The first kappa shape index (κ1) is 50.9. The Balaban J connectivity index is 4.01. The number of allylic oxidation sites excluding steroid dienone is 1. The third-order valence-electron chi connectivity index (χ3n) is 9.48. The molecule has 0 N–H and O–H groups in total. The molecule has 0 radical (unpaired) electrons. The van der Waals surface area contributed by atoms with Gasteiger partial charge in [0, 0.05) is 26.0 Å². The number of ether oxygens (including phenoxy) is 4. The number of unbranched alkanes of at least 4 members (excludes halogenated alkanes) is 22. The Kier molecular flexibility index (Phi) is 39.4. The smallest absolute Gasteiger partial charge is 0.305 e. The Morgan fingerprint density at radius 3 is 1.30 bits per heavy atom. The Morgan fingerprint density at radius 1 is 0.509 bits per heavy atom. The van der Waals surface area contributed by atoms with Crippen molar-refractivity contribution in [3.63, 3.8) is 0 Å². The predicted molar refractivity (Wildman–Crippen MR) is 224 cm³/mol. The zero-order valence-electron chi connectivity index (χ0n) is 35.4. The molecule has 0 bridgehead atoms. The van der Waals surface area contributed by atoms with Gasteiger partial charge >= 0.3 is 11.9 Å². The summed E-state index contributed by atoms with van der Waals surface area (Å²) in [5, 5.41) is 0. The summed E-state index contributed by atoms with van der Waals surface area (Å²) in [6.45, 7) is 12.3. The Bertz CT molecular complexity index is 898. The SMILES string of the molecule is C=C/C(=C\C(=C/COCCCCCCCCOC(=O)CCCCCCCCC)OCCCCCCCCOC(=O)CCCCCCCCC)CN(C)C. The summed E-state index contributed by atoms with van der Waals surface area (Å²) in [6, 6.07) is 0. The molecule has 0 unspecified atom stereocenters. The molecular weight excluding hydrogens is 663 g/mol. The highest BCUT2D eigenvalue weighted by Crippen LogP contribution is 2.13. The topological polar surface area (TPSA) is 74.3 Å². The van der Waals surface area contributed by atoms with Crippen molar-refractivity contribution in [1.29, 1.82) is 0 Å². The van der Waals surface area contributed by atoms with E-state index in [0.717, 1.165) is 108 Å². The van der Waals surface area contributed by atoms with Crippen LogP contribution in [0.1, 0.15) is 194 Å². The minimum Gasteiger partial charge on any atom is -0.494 e. The molecule has 53 heavy (non-hydrogen) atoms. The molecule has 7 nitrogen and oxygen atoms in total. The van der Waals surface area contributed by atoms with Crippen molar-refractivity contribution in [3.05, 3.63) is 36.1 Å². The van der Waals surface area contributed by atoms with Crippen LogP contribution in [0.15, 0.2) is 36.1 Å². The van der Waals surface area contributed by atoms with Crippen LogP contribution < -0.4 is 0 Å². The number of carbonyl (C=O) groups excluding carboxylic acids is 2. The van der Waals surface area contributed by atoms with Crippen LogP contribution in [0.25, 0.3) is 0 Å². The largest absolute Gasteiger partial charge is 0.494 e. The van der Waals surface area contributed by atoms with Crippen LogP contribution in [0.2, 0.25) is 0 Å². The number of nitrogens with zero attached hydrogens (tertiary/aromatic N) is 1. The molecule has 0 aliphatic heterocycles. The molecule has 310 valence electrons. The van der Waals surface area contributed by atoms with Crippen LogP contribution in [-0.4, -0.2) is 70.5 Å². The summed E-state index contributed by atoms with van der Waals surface area (Å²) >= 11 is 0. The van der Waals surface area contributed by atoms with Crippen LogP contribution in [0.4, 0.5) is 0 Å². The maximum Gasteiger partial charge on any atom is 0.305 e. The molecule has 0 aliphatic carbocycles. The van der Waals surface area contributed by atoms with Crippen LogP contribution >= 0.6 is 0 Å². The second-order valence-corrected chi connectivity index (χ2v) is 15.1. The molecule has 0 aliphatic rings. The van der Waals surface area contributed by atoms with Crippen molar-refractivity contribution >= 4 is 11.9 Å². The number of esters is 2. The zero-order chi connectivity index (χ0) is 38.9. The monoisotopic (exact) mass is 748 g/mol. The van der Waals surface area contributed by atoms with Crippen LogP contribution in [0.3, 0.4) is 0 Å². The van der Waals surface area contributed by atoms with E-state index in [1.54, 1.807) is 0 Å². The fraction of sp³-hybridized carbons (Fsp3) is 0.826. The molecule has 0 fully saturated rings. The Hall–Kier alpha value is -2.12. The average molecular weight is 748 g/mol. The summed E-state index contributed by atoms with van der Waals surface area (Å²) in [6.07, 6.45) is 37.4. The van der Waals surface area contributed by atoms with Crippen molar-refractivity contribution in [2.24, 2.45) is 0 Å². The fourth-order valence-electron chi connectivity index (χ4n) is 6.18. The molecule has 0 amide bonds. The molecule has 0 aromatic heterocycles. The van der Waals surface area contributed by atoms with E-state index in [9.17, 15) is 9.59 Å². The van der Waals surface area contributed by atoms with E-state index >= 15 is 0 Å². The first-order chi connectivity index (χ1) is 25.9. The fourth-order valence-corrected chi connectivity index (χ4v) is 6.18. The second kappa shape index (κ2) is 41.1. The number of hydrogen-bond donors (Lipinski definition) is 0. The van der Waals surface area contributed by atoms with Crippen molar-refractivity contribution in [2.45, 2.75) is 194 Å². The van der Waals surface area contributed by atoms with Gasteiger partial charge in [-0.05, 0) is 70.3 Å². The zero-order valence-corrected chi connectivity index (χ0v) is 35.4. The Labute approximate surface area is 328 Å². The molecule has 7 heteroatoms. The van der Waals surface area contributed by atoms with Gasteiger partial charge in [0.25, 0.3) is 0 Å². The number of carbonyl (C=O) groups is 2. The lowest BCUT2D eigenvalue weighted by Crippen LogP contribution is -2.14. The van der Waals surface area contributed by atoms with Gasteiger partial charge in [-0.15, -0.1) is 0 Å². The predicted octanol–water partition coefficient (Wildman–Crippen LogP) is 12.6. The highest BCUT2D eigenvalue weighted by molar-refractivity contribution is 5.69. The van der Waals surface area contributed by atoms with Crippen LogP contribution in [0.5, 0.6) is 0 Å². The minimum atomic E-state index is -0.0305. The van der Waals surface area contributed by atoms with Gasteiger partial charge in [0.1, 0.15) is 5.76 Å². The van der Waals surface area contributed by atoms with Gasteiger partial charge in [0.15, 0.2) is 0 Å². The lowest BCUT2D eigenvalue weighted by Gasteiger charge is -2.13. The molecule has 0 aromatic rings. The van der Waals surface area contributed by atoms with Gasteiger partial charge in [-0.2, -0.15) is 0 Å². The van der Waals surface area contributed by atoms with E-state index < -0.39 is 0 Å². The lowest BCUT2D eigenvalue weighted by atomic mass is 10.1. The van der Waals surface area contributed by atoms with Crippen LogP contribution in [-0.2, 0) is 28.5 Å². The summed E-state index contributed by atoms with van der Waals surface area (Å²) in [5.74, 6) is 0.792. The third kappa shape index (κ3) is 39.4. The van der Waals surface area contributed by atoms with Gasteiger partial charge in [-0.25, -0.2) is 0 Å². The van der Waals surface area contributed by atoms with E-state index in [1.807, 2.05) is 12.2 Å². The van der Waals surface area contributed by atoms with Crippen molar-refractivity contribution < 1.29 is 28.5 Å². The summed E-state index contributed by atoms with van der Waals surface area (Å²) in [5.41, 5.74) is 1.12. The van der Waals surface area contributed by atoms with E-state index in [2.05, 4.69) is 45.5 Å². The average Bonchev–Trinajstić information content (AvgIpc) is 3.14. The van der Waals surface area contributed by atoms with Gasteiger partial charge in [-0.1, -0.05) is 155 Å². The molecule has 0 saturated carbocycles. The summed E-state index contributed by atoms with van der Waals surface area (Å²) in [4.78, 5) is 26.0. The maximum atomic E-state index is 11.9. The molecule has 0 atom stereocenters. The normalized spacial score (nSPS) is 12.0. The van der Waals surface area contributed by atoms with E-state index in [4.69, 9.17) is 18.9 Å². The van der Waals surface area contributed by atoms with Crippen LogP contribution in [0, 0.1) is 0 Å². The third-order valence-corrected chi connectivity index (χ3v) is 9.48. The Morgan fingerprint density at radius 2 is 0.887 bits per heavy atom. The molecule has 0 rings (SSSR count). The van der Waals surface area contributed by atoms with Gasteiger partial charge < -0.3 is 23.8 Å².